The lowest BCUT2D eigenvalue weighted by atomic mass is 10.1. The average Bonchev–Trinajstić information content (AvgIpc) is 2.16. The van der Waals surface area contributed by atoms with Crippen molar-refractivity contribution in [3.05, 3.63) is 33.8 Å². The minimum absolute atomic E-state index is 0.253. The number of amides is 1. The van der Waals surface area contributed by atoms with Crippen molar-refractivity contribution in [1.29, 1.82) is 0 Å². The van der Waals surface area contributed by atoms with Crippen LogP contribution in [0.4, 0.5) is 0 Å². The largest absolute Gasteiger partial charge is 0.346 e. The maximum atomic E-state index is 11.9. The average molecular weight is 261 g/mol. The van der Waals surface area contributed by atoms with Crippen molar-refractivity contribution in [2.24, 2.45) is 5.73 Å². The quantitative estimate of drug-likeness (QED) is 0.878. The van der Waals surface area contributed by atoms with E-state index in [2.05, 4.69) is 5.32 Å². The number of carbonyl (C=O) groups excluding carboxylic acids is 1. The Morgan fingerprint density at radius 1 is 1.44 bits per heavy atom. The Bertz CT molecular complexity index is 405. The molecule has 88 valence electrons. The van der Waals surface area contributed by atoms with Gasteiger partial charge in [0.2, 0.25) is 0 Å². The smallest absolute Gasteiger partial charge is 0.253 e. The molecule has 0 heterocycles. The number of carbonyl (C=O) groups is 1. The Kier molecular flexibility index (Phi) is 4.19. The highest BCUT2D eigenvalue weighted by molar-refractivity contribution is 6.36. The normalized spacial score (nSPS) is 11.3. The van der Waals surface area contributed by atoms with E-state index in [9.17, 15) is 4.79 Å². The van der Waals surface area contributed by atoms with Crippen LogP contribution >= 0.6 is 23.2 Å². The third-order valence-corrected chi connectivity index (χ3v) is 2.69. The van der Waals surface area contributed by atoms with Gasteiger partial charge in [-0.1, -0.05) is 23.2 Å². The highest BCUT2D eigenvalue weighted by Crippen LogP contribution is 2.21. The maximum absolute atomic E-state index is 11.9. The van der Waals surface area contributed by atoms with Crippen molar-refractivity contribution < 1.29 is 4.79 Å². The topological polar surface area (TPSA) is 55.1 Å². The van der Waals surface area contributed by atoms with Crippen LogP contribution in [0.5, 0.6) is 0 Å². The summed E-state index contributed by atoms with van der Waals surface area (Å²) in [5, 5.41) is 3.62. The fourth-order valence-corrected chi connectivity index (χ4v) is 1.59. The SMILES string of the molecule is CC(C)(CN)NC(=O)c1ccc(Cl)cc1Cl. The standard InChI is InChI=1S/C11H14Cl2N2O/c1-11(2,6-14)15-10(16)8-4-3-7(12)5-9(8)13/h3-5H,6,14H2,1-2H3,(H,15,16). The molecule has 0 aliphatic rings. The van der Waals surface area contributed by atoms with E-state index in [1.54, 1.807) is 12.1 Å². The zero-order valence-electron chi connectivity index (χ0n) is 9.18. The van der Waals surface area contributed by atoms with Gasteiger partial charge in [-0.25, -0.2) is 0 Å². The molecule has 0 aliphatic heterocycles. The van der Waals surface area contributed by atoms with E-state index in [1.165, 1.54) is 6.07 Å². The molecule has 0 bridgehead atoms. The molecule has 0 fully saturated rings. The lowest BCUT2D eigenvalue weighted by Crippen LogP contribution is -2.48. The predicted molar refractivity (Wildman–Crippen MR) is 67.1 cm³/mol. The molecular weight excluding hydrogens is 247 g/mol. The van der Waals surface area contributed by atoms with Crippen LogP contribution in [0.2, 0.25) is 10.0 Å². The van der Waals surface area contributed by atoms with Gasteiger partial charge in [0.25, 0.3) is 5.91 Å². The molecule has 0 unspecified atom stereocenters. The first kappa shape index (κ1) is 13.3. The first-order chi connectivity index (χ1) is 7.35. The van der Waals surface area contributed by atoms with Gasteiger partial charge in [0.05, 0.1) is 10.6 Å². The molecule has 0 aliphatic carbocycles. The summed E-state index contributed by atoms with van der Waals surface area (Å²) in [5.74, 6) is -0.253. The van der Waals surface area contributed by atoms with Crippen LogP contribution in [0, 0.1) is 0 Å². The minimum atomic E-state index is -0.458. The first-order valence-electron chi connectivity index (χ1n) is 4.83. The Morgan fingerprint density at radius 2 is 2.06 bits per heavy atom. The van der Waals surface area contributed by atoms with Crippen LogP contribution in [0.25, 0.3) is 0 Å². The van der Waals surface area contributed by atoms with E-state index in [4.69, 9.17) is 28.9 Å². The zero-order valence-corrected chi connectivity index (χ0v) is 10.7. The molecule has 5 heteroatoms. The van der Waals surface area contributed by atoms with E-state index in [0.717, 1.165) is 0 Å². The fraction of sp³-hybridized carbons (Fsp3) is 0.364. The number of rotatable bonds is 3. The van der Waals surface area contributed by atoms with Gasteiger partial charge in [-0.2, -0.15) is 0 Å². The van der Waals surface area contributed by atoms with Crippen LogP contribution < -0.4 is 11.1 Å². The van der Waals surface area contributed by atoms with Crippen LogP contribution in [-0.4, -0.2) is 18.0 Å². The summed E-state index contributed by atoms with van der Waals surface area (Å²) in [6.07, 6.45) is 0. The molecule has 0 spiro atoms. The van der Waals surface area contributed by atoms with Crippen molar-refractivity contribution >= 4 is 29.1 Å². The molecule has 1 amide bonds. The van der Waals surface area contributed by atoms with Crippen molar-refractivity contribution in [2.75, 3.05) is 6.54 Å². The Morgan fingerprint density at radius 3 is 2.56 bits per heavy atom. The molecule has 1 rings (SSSR count). The third kappa shape index (κ3) is 3.37. The number of hydrogen-bond acceptors (Lipinski definition) is 2. The Balaban J connectivity index is 2.89. The van der Waals surface area contributed by atoms with E-state index >= 15 is 0 Å². The van der Waals surface area contributed by atoms with E-state index in [0.29, 0.717) is 22.2 Å². The summed E-state index contributed by atoms with van der Waals surface area (Å²) in [6.45, 7) is 4.04. The van der Waals surface area contributed by atoms with Gasteiger partial charge >= 0.3 is 0 Å². The summed E-state index contributed by atoms with van der Waals surface area (Å²) in [5.41, 5.74) is 5.46. The predicted octanol–water partition coefficient (Wildman–Crippen LogP) is 2.46. The van der Waals surface area contributed by atoms with Gasteiger partial charge in [-0.05, 0) is 32.0 Å². The number of halogens is 2. The highest BCUT2D eigenvalue weighted by atomic mass is 35.5. The zero-order chi connectivity index (χ0) is 12.3. The van der Waals surface area contributed by atoms with E-state index in [1.807, 2.05) is 13.8 Å². The molecule has 0 saturated carbocycles. The molecule has 0 radical (unpaired) electrons. The van der Waals surface area contributed by atoms with Gasteiger partial charge < -0.3 is 11.1 Å². The van der Waals surface area contributed by atoms with Crippen LogP contribution in [-0.2, 0) is 0 Å². The van der Waals surface area contributed by atoms with Gasteiger partial charge in [0.1, 0.15) is 0 Å². The highest BCUT2D eigenvalue weighted by Gasteiger charge is 2.20. The number of nitrogens with one attached hydrogen (secondary N) is 1. The lowest BCUT2D eigenvalue weighted by Gasteiger charge is -2.24. The summed E-state index contributed by atoms with van der Waals surface area (Å²) in [4.78, 5) is 11.9. The molecule has 0 atom stereocenters. The van der Waals surface area contributed by atoms with Gasteiger partial charge in [0, 0.05) is 17.1 Å². The third-order valence-electron chi connectivity index (χ3n) is 2.14. The molecule has 1 aromatic rings. The van der Waals surface area contributed by atoms with Gasteiger partial charge in [-0.3, -0.25) is 4.79 Å². The van der Waals surface area contributed by atoms with Crippen molar-refractivity contribution in [2.45, 2.75) is 19.4 Å². The Hall–Kier alpha value is -0.770. The van der Waals surface area contributed by atoms with Crippen molar-refractivity contribution in [3.63, 3.8) is 0 Å². The van der Waals surface area contributed by atoms with Gasteiger partial charge in [-0.15, -0.1) is 0 Å². The minimum Gasteiger partial charge on any atom is -0.346 e. The second-order valence-electron chi connectivity index (χ2n) is 4.17. The molecule has 0 saturated heterocycles. The molecular formula is C11H14Cl2N2O. The van der Waals surface area contributed by atoms with Crippen LogP contribution in [0.15, 0.2) is 18.2 Å². The summed E-state index contributed by atoms with van der Waals surface area (Å²) >= 11 is 11.7. The molecule has 1 aromatic carbocycles. The van der Waals surface area contributed by atoms with Crippen LogP contribution in [0.1, 0.15) is 24.2 Å². The molecule has 16 heavy (non-hydrogen) atoms. The van der Waals surface area contributed by atoms with Gasteiger partial charge in [0.15, 0.2) is 0 Å². The Labute approximate surface area is 105 Å². The molecule has 3 nitrogen and oxygen atoms in total. The second kappa shape index (κ2) is 5.04. The van der Waals surface area contributed by atoms with Crippen molar-refractivity contribution in [1.82, 2.24) is 5.32 Å². The summed E-state index contributed by atoms with van der Waals surface area (Å²) < 4.78 is 0. The van der Waals surface area contributed by atoms with E-state index in [-0.39, 0.29) is 5.91 Å². The van der Waals surface area contributed by atoms with Crippen molar-refractivity contribution in [3.8, 4) is 0 Å². The maximum Gasteiger partial charge on any atom is 0.253 e. The number of nitrogens with two attached hydrogens (primary N) is 1. The second-order valence-corrected chi connectivity index (χ2v) is 5.01. The summed E-state index contributed by atoms with van der Waals surface area (Å²) in [6, 6.07) is 4.75. The lowest BCUT2D eigenvalue weighted by molar-refractivity contribution is 0.0916. The first-order valence-corrected chi connectivity index (χ1v) is 5.59. The monoisotopic (exact) mass is 260 g/mol. The molecule has 0 aromatic heterocycles. The fourth-order valence-electron chi connectivity index (χ4n) is 1.10. The summed E-state index contributed by atoms with van der Waals surface area (Å²) in [7, 11) is 0. The number of benzene rings is 1. The number of hydrogen-bond donors (Lipinski definition) is 2. The van der Waals surface area contributed by atoms with E-state index < -0.39 is 5.54 Å². The van der Waals surface area contributed by atoms with Crippen LogP contribution in [0.3, 0.4) is 0 Å². The molecule has 3 N–H and O–H groups in total.